The van der Waals surface area contributed by atoms with Crippen molar-refractivity contribution in [2.24, 2.45) is 0 Å². The summed E-state index contributed by atoms with van der Waals surface area (Å²) in [6, 6.07) is 3.06. The Kier molecular flexibility index (Phi) is 5.59. The highest BCUT2D eigenvalue weighted by molar-refractivity contribution is 5.78. The van der Waals surface area contributed by atoms with Crippen molar-refractivity contribution in [3.8, 4) is 11.4 Å². The summed E-state index contributed by atoms with van der Waals surface area (Å²) in [5.41, 5.74) is -1.99. The normalized spacial score (nSPS) is 20.6. The number of aromatic nitrogens is 3. The van der Waals surface area contributed by atoms with Crippen molar-refractivity contribution in [2.75, 3.05) is 26.2 Å². The Morgan fingerprint density at radius 1 is 1.32 bits per heavy atom. The highest BCUT2D eigenvalue weighted by atomic mass is 19.4. The van der Waals surface area contributed by atoms with Gasteiger partial charge in [0.2, 0.25) is 17.6 Å². The molecular weight excluding hydrogens is 389 g/mol. The van der Waals surface area contributed by atoms with Crippen molar-refractivity contribution in [1.82, 2.24) is 25.3 Å². The number of rotatable bonds is 6. The van der Waals surface area contributed by atoms with Crippen molar-refractivity contribution in [3.05, 3.63) is 30.4 Å². The molecule has 152 valence electrons. The summed E-state index contributed by atoms with van der Waals surface area (Å²) < 4.78 is 71.0. The zero-order valence-corrected chi connectivity index (χ0v) is 14.4. The number of hydrogen-bond donors (Lipinski definition) is 1. The zero-order valence-electron chi connectivity index (χ0n) is 14.4. The number of nitrogens with one attached hydrogen (secondary N) is 1. The molecule has 0 radical (unpaired) electrons. The molecule has 2 aromatic rings. The van der Waals surface area contributed by atoms with Crippen LogP contribution >= 0.6 is 0 Å². The Labute approximate surface area is 155 Å². The van der Waals surface area contributed by atoms with E-state index in [9.17, 15) is 26.7 Å². The molecule has 28 heavy (non-hydrogen) atoms. The van der Waals surface area contributed by atoms with E-state index in [0.717, 1.165) is 0 Å². The van der Waals surface area contributed by atoms with Gasteiger partial charge >= 0.3 is 6.18 Å². The van der Waals surface area contributed by atoms with E-state index in [0.29, 0.717) is 5.56 Å². The minimum Gasteiger partial charge on any atom is -0.349 e. The van der Waals surface area contributed by atoms with Crippen molar-refractivity contribution in [1.29, 1.82) is 0 Å². The lowest BCUT2D eigenvalue weighted by atomic mass is 9.86. The summed E-state index contributed by atoms with van der Waals surface area (Å²) in [7, 11) is 0. The summed E-state index contributed by atoms with van der Waals surface area (Å²) in [4.78, 5) is 20.6. The zero-order chi connectivity index (χ0) is 20.4. The second kappa shape index (κ2) is 7.78. The van der Waals surface area contributed by atoms with E-state index in [-0.39, 0.29) is 12.4 Å². The van der Waals surface area contributed by atoms with Gasteiger partial charge in [0.15, 0.2) is 5.41 Å². The van der Waals surface area contributed by atoms with Crippen LogP contribution in [0.2, 0.25) is 0 Å². The van der Waals surface area contributed by atoms with Crippen LogP contribution in [0.25, 0.3) is 11.4 Å². The molecule has 1 aliphatic heterocycles. The molecule has 1 amide bonds. The number of alkyl halides is 5. The fraction of sp³-hybridized carbons (Fsp3) is 0.500. The molecule has 1 fully saturated rings. The lowest BCUT2D eigenvalue weighted by Gasteiger charge is -2.28. The summed E-state index contributed by atoms with van der Waals surface area (Å²) in [6.45, 7) is -1.95. The first-order valence-corrected chi connectivity index (χ1v) is 8.30. The van der Waals surface area contributed by atoms with E-state index < -0.39 is 55.9 Å². The maximum Gasteiger partial charge on any atom is 0.404 e. The Balaban J connectivity index is 1.78. The molecule has 1 unspecified atom stereocenters. The number of carbonyl (C=O) groups excluding carboxylic acids is 1. The van der Waals surface area contributed by atoms with Gasteiger partial charge < -0.3 is 9.84 Å². The molecular formula is C16H16F5N5O2. The van der Waals surface area contributed by atoms with Gasteiger partial charge in [-0.05, 0) is 18.6 Å². The van der Waals surface area contributed by atoms with Crippen LogP contribution in [0.3, 0.4) is 0 Å². The Morgan fingerprint density at radius 3 is 2.68 bits per heavy atom. The lowest BCUT2D eigenvalue weighted by molar-refractivity contribution is -0.193. The van der Waals surface area contributed by atoms with Gasteiger partial charge in [0.05, 0.1) is 13.1 Å². The van der Waals surface area contributed by atoms with E-state index in [2.05, 4.69) is 15.1 Å². The molecule has 7 nitrogen and oxygen atoms in total. The SMILES string of the molecule is O=C(CN1CCC(c2nc(-c3ccncc3)no2)(C(F)(F)F)C1)NCC(F)F. The van der Waals surface area contributed by atoms with Gasteiger partial charge in [0, 0.05) is 31.0 Å². The second-order valence-corrected chi connectivity index (χ2v) is 6.39. The van der Waals surface area contributed by atoms with Gasteiger partial charge in [-0.1, -0.05) is 5.16 Å². The molecule has 0 aliphatic carbocycles. The van der Waals surface area contributed by atoms with Gasteiger partial charge in [-0.25, -0.2) is 8.78 Å². The standard InChI is InChI=1S/C16H16F5N5O2/c17-11(18)7-23-12(27)8-26-6-3-15(9-26,16(19,20)21)14-24-13(25-28-14)10-1-4-22-5-2-10/h1-2,4-5,11H,3,6-9H2,(H,23,27). The molecule has 3 heterocycles. The van der Waals surface area contributed by atoms with Gasteiger partial charge in [0.1, 0.15) is 0 Å². The highest BCUT2D eigenvalue weighted by Crippen LogP contribution is 2.47. The number of halogens is 5. The first-order valence-electron chi connectivity index (χ1n) is 8.30. The highest BCUT2D eigenvalue weighted by Gasteiger charge is 2.62. The summed E-state index contributed by atoms with van der Waals surface area (Å²) in [6.07, 6.45) is -4.94. The molecule has 1 atom stereocenters. The second-order valence-electron chi connectivity index (χ2n) is 6.39. The van der Waals surface area contributed by atoms with Crippen LogP contribution in [-0.2, 0) is 10.2 Å². The fourth-order valence-corrected chi connectivity index (χ4v) is 3.04. The number of hydrogen-bond acceptors (Lipinski definition) is 6. The largest absolute Gasteiger partial charge is 0.404 e. The Hall–Kier alpha value is -2.63. The van der Waals surface area contributed by atoms with Crippen LogP contribution in [0.4, 0.5) is 22.0 Å². The smallest absolute Gasteiger partial charge is 0.349 e. The van der Waals surface area contributed by atoms with Crippen LogP contribution in [0.1, 0.15) is 12.3 Å². The minimum atomic E-state index is -4.71. The van der Waals surface area contributed by atoms with E-state index in [1.807, 2.05) is 5.32 Å². The third-order valence-electron chi connectivity index (χ3n) is 4.49. The fourth-order valence-electron chi connectivity index (χ4n) is 3.04. The molecule has 3 rings (SSSR count). The van der Waals surface area contributed by atoms with E-state index >= 15 is 0 Å². The van der Waals surface area contributed by atoms with E-state index in [1.165, 1.54) is 29.4 Å². The van der Waals surface area contributed by atoms with E-state index in [1.54, 1.807) is 0 Å². The summed E-state index contributed by atoms with van der Waals surface area (Å²) in [5, 5.41) is 5.60. The molecule has 2 aromatic heterocycles. The Bertz CT molecular complexity index is 813. The monoisotopic (exact) mass is 405 g/mol. The lowest BCUT2D eigenvalue weighted by Crippen LogP contribution is -2.46. The number of amides is 1. The van der Waals surface area contributed by atoms with Gasteiger partial charge in [-0.15, -0.1) is 0 Å². The van der Waals surface area contributed by atoms with Gasteiger partial charge in [-0.2, -0.15) is 18.2 Å². The van der Waals surface area contributed by atoms with Crippen molar-refractivity contribution >= 4 is 5.91 Å². The van der Waals surface area contributed by atoms with E-state index in [4.69, 9.17) is 4.52 Å². The molecule has 12 heteroatoms. The number of pyridine rings is 1. The third kappa shape index (κ3) is 4.11. The molecule has 1 aliphatic rings. The van der Waals surface area contributed by atoms with Crippen LogP contribution in [0, 0.1) is 0 Å². The molecule has 0 saturated carbocycles. The molecule has 0 spiro atoms. The maximum atomic E-state index is 13.9. The van der Waals surface area contributed by atoms with Crippen molar-refractivity contribution in [3.63, 3.8) is 0 Å². The molecule has 0 bridgehead atoms. The average molecular weight is 405 g/mol. The quantitative estimate of drug-likeness (QED) is 0.741. The third-order valence-corrected chi connectivity index (χ3v) is 4.49. The number of nitrogens with zero attached hydrogens (tertiary/aromatic N) is 4. The van der Waals surface area contributed by atoms with Crippen molar-refractivity contribution < 1.29 is 31.3 Å². The predicted molar refractivity (Wildman–Crippen MR) is 85.3 cm³/mol. The predicted octanol–water partition coefficient (Wildman–Crippen LogP) is 2.02. The molecule has 0 aromatic carbocycles. The topological polar surface area (TPSA) is 84.2 Å². The molecule has 1 saturated heterocycles. The Morgan fingerprint density at radius 2 is 2.04 bits per heavy atom. The van der Waals surface area contributed by atoms with Gasteiger partial charge in [-0.3, -0.25) is 14.7 Å². The number of carbonyl (C=O) groups is 1. The van der Waals surface area contributed by atoms with Crippen LogP contribution in [-0.4, -0.2) is 64.7 Å². The number of likely N-dealkylation sites (tertiary alicyclic amines) is 1. The molecule has 1 N–H and O–H groups in total. The first kappa shape index (κ1) is 20.1. The van der Waals surface area contributed by atoms with Gasteiger partial charge in [0.25, 0.3) is 6.43 Å². The average Bonchev–Trinajstić information content (AvgIpc) is 3.28. The van der Waals surface area contributed by atoms with Crippen molar-refractivity contribution in [2.45, 2.75) is 24.4 Å². The van der Waals surface area contributed by atoms with Crippen LogP contribution in [0.15, 0.2) is 29.0 Å². The van der Waals surface area contributed by atoms with Crippen LogP contribution < -0.4 is 5.32 Å². The summed E-state index contributed by atoms with van der Waals surface area (Å²) >= 11 is 0. The maximum absolute atomic E-state index is 13.9. The minimum absolute atomic E-state index is 0.00542. The first-order chi connectivity index (χ1) is 13.2. The van der Waals surface area contributed by atoms with Crippen LogP contribution in [0.5, 0.6) is 0 Å². The summed E-state index contributed by atoms with van der Waals surface area (Å²) in [5.74, 6) is -1.38.